The van der Waals surface area contributed by atoms with Crippen LogP contribution in [-0.2, 0) is 11.3 Å². The summed E-state index contributed by atoms with van der Waals surface area (Å²) >= 11 is 5.85. The molecule has 2 rings (SSSR count). The Morgan fingerprint density at radius 1 is 1.35 bits per heavy atom. The van der Waals surface area contributed by atoms with Crippen LogP contribution in [0.15, 0.2) is 30.5 Å². The van der Waals surface area contributed by atoms with Crippen molar-refractivity contribution in [2.45, 2.75) is 6.54 Å². The highest BCUT2D eigenvalue weighted by Gasteiger charge is 2.07. The van der Waals surface area contributed by atoms with E-state index in [9.17, 15) is 9.59 Å². The van der Waals surface area contributed by atoms with E-state index in [1.54, 1.807) is 22.9 Å². The zero-order valence-corrected chi connectivity index (χ0v) is 9.57. The van der Waals surface area contributed by atoms with Crippen LogP contribution in [0.25, 0.3) is 10.9 Å². The lowest BCUT2D eigenvalue weighted by molar-refractivity contribution is -0.120. The van der Waals surface area contributed by atoms with Crippen molar-refractivity contribution < 1.29 is 9.59 Å². The number of hydrogen-bond donors (Lipinski definition) is 2. The minimum absolute atomic E-state index is 0.0358. The first-order valence-electron chi connectivity index (χ1n) is 4.90. The van der Waals surface area contributed by atoms with Gasteiger partial charge in [-0.25, -0.2) is 4.79 Å². The molecule has 0 spiro atoms. The number of nitrogens with two attached hydrogens (primary N) is 1. The van der Waals surface area contributed by atoms with E-state index in [4.69, 9.17) is 17.3 Å². The third-order valence-electron chi connectivity index (χ3n) is 2.31. The number of hydrogen-bond acceptors (Lipinski definition) is 2. The number of imide groups is 1. The fraction of sp³-hybridized carbons (Fsp3) is 0.0909. The second-order valence-electron chi connectivity index (χ2n) is 3.56. The molecule has 1 aromatic carbocycles. The average Bonchev–Trinajstić information content (AvgIpc) is 2.59. The van der Waals surface area contributed by atoms with Gasteiger partial charge in [0.15, 0.2) is 0 Å². The smallest absolute Gasteiger partial charge is 0.318 e. The van der Waals surface area contributed by atoms with Gasteiger partial charge >= 0.3 is 6.03 Å². The Labute approximate surface area is 102 Å². The number of rotatable bonds is 2. The molecule has 1 aromatic heterocycles. The van der Waals surface area contributed by atoms with Gasteiger partial charge in [0.1, 0.15) is 6.54 Å². The van der Waals surface area contributed by atoms with Crippen LogP contribution in [0.1, 0.15) is 0 Å². The molecule has 3 amide bonds. The third kappa shape index (κ3) is 2.57. The summed E-state index contributed by atoms with van der Waals surface area (Å²) in [5, 5.41) is 3.58. The Balaban J connectivity index is 2.25. The number of fused-ring (bicyclic) bond motifs is 1. The van der Waals surface area contributed by atoms with Crippen LogP contribution in [0.2, 0.25) is 5.02 Å². The standard InChI is InChI=1S/C11H10ClN3O2/c12-8-1-2-9-7(5-8)3-4-15(9)6-10(16)14-11(13)17/h1-5H,6H2,(H3,13,14,16,17). The number of halogens is 1. The van der Waals surface area contributed by atoms with Crippen LogP contribution in [0.3, 0.4) is 0 Å². The summed E-state index contributed by atoms with van der Waals surface area (Å²) in [6.45, 7) is 0.0358. The number of urea groups is 1. The van der Waals surface area contributed by atoms with Crippen molar-refractivity contribution in [3.05, 3.63) is 35.5 Å². The van der Waals surface area contributed by atoms with E-state index in [-0.39, 0.29) is 6.54 Å². The van der Waals surface area contributed by atoms with Gasteiger partial charge in [0, 0.05) is 22.1 Å². The van der Waals surface area contributed by atoms with E-state index in [1.165, 1.54) is 0 Å². The van der Waals surface area contributed by atoms with Gasteiger partial charge in [0.25, 0.3) is 0 Å². The van der Waals surface area contributed by atoms with Crippen molar-refractivity contribution in [3.8, 4) is 0 Å². The number of nitrogens with one attached hydrogen (secondary N) is 1. The highest BCUT2D eigenvalue weighted by Crippen LogP contribution is 2.20. The van der Waals surface area contributed by atoms with Crippen molar-refractivity contribution >= 4 is 34.4 Å². The van der Waals surface area contributed by atoms with Gasteiger partial charge < -0.3 is 10.3 Å². The van der Waals surface area contributed by atoms with E-state index in [0.29, 0.717) is 5.02 Å². The zero-order chi connectivity index (χ0) is 12.4. The second-order valence-corrected chi connectivity index (χ2v) is 4.00. The molecule has 0 unspecified atom stereocenters. The molecule has 3 N–H and O–H groups in total. The number of carbonyl (C=O) groups is 2. The van der Waals surface area contributed by atoms with E-state index in [1.807, 2.05) is 17.4 Å². The molecule has 0 fully saturated rings. The van der Waals surface area contributed by atoms with Crippen LogP contribution >= 0.6 is 11.6 Å². The molecule has 17 heavy (non-hydrogen) atoms. The van der Waals surface area contributed by atoms with Gasteiger partial charge in [-0.05, 0) is 24.3 Å². The summed E-state index contributed by atoms with van der Waals surface area (Å²) in [7, 11) is 0. The second kappa shape index (κ2) is 4.47. The van der Waals surface area contributed by atoms with Crippen LogP contribution in [0.4, 0.5) is 4.79 Å². The largest absolute Gasteiger partial charge is 0.351 e. The molecule has 0 aliphatic heterocycles. The topological polar surface area (TPSA) is 77.1 Å². The maximum Gasteiger partial charge on any atom is 0.318 e. The molecule has 5 nitrogen and oxygen atoms in total. The molecule has 6 heteroatoms. The summed E-state index contributed by atoms with van der Waals surface area (Å²) in [6, 6.07) is 6.36. The van der Waals surface area contributed by atoms with Crippen molar-refractivity contribution in [1.82, 2.24) is 9.88 Å². The lowest BCUT2D eigenvalue weighted by Gasteiger charge is -2.04. The number of benzene rings is 1. The highest BCUT2D eigenvalue weighted by atomic mass is 35.5. The molecule has 0 bridgehead atoms. The monoisotopic (exact) mass is 251 g/mol. The van der Waals surface area contributed by atoms with E-state index in [0.717, 1.165) is 10.9 Å². The Morgan fingerprint density at radius 3 is 2.82 bits per heavy atom. The molecule has 0 atom stereocenters. The Hall–Kier alpha value is -2.01. The molecule has 0 radical (unpaired) electrons. The number of aromatic nitrogens is 1. The molecule has 0 saturated heterocycles. The number of nitrogens with zero attached hydrogens (tertiary/aromatic N) is 1. The summed E-state index contributed by atoms with van der Waals surface area (Å²) in [6.07, 6.45) is 1.75. The number of carbonyl (C=O) groups excluding carboxylic acids is 2. The van der Waals surface area contributed by atoms with Gasteiger partial charge in [0.2, 0.25) is 5.91 Å². The molecular formula is C11H10ClN3O2. The Bertz CT molecular complexity index is 591. The summed E-state index contributed by atoms with van der Waals surface area (Å²) < 4.78 is 1.71. The molecule has 0 saturated carbocycles. The predicted octanol–water partition coefficient (Wildman–Crippen LogP) is 1.49. The molecular weight excluding hydrogens is 242 g/mol. The number of amides is 3. The van der Waals surface area contributed by atoms with Crippen molar-refractivity contribution in [3.63, 3.8) is 0 Å². The first-order chi connectivity index (χ1) is 8.06. The molecule has 1 heterocycles. The average molecular weight is 252 g/mol. The van der Waals surface area contributed by atoms with Gasteiger partial charge in [-0.3, -0.25) is 10.1 Å². The molecule has 0 aliphatic carbocycles. The van der Waals surface area contributed by atoms with Crippen LogP contribution in [0.5, 0.6) is 0 Å². The van der Waals surface area contributed by atoms with Gasteiger partial charge in [-0.15, -0.1) is 0 Å². The molecule has 0 aliphatic rings. The fourth-order valence-electron chi connectivity index (χ4n) is 1.64. The van der Waals surface area contributed by atoms with Crippen LogP contribution in [-0.4, -0.2) is 16.5 Å². The summed E-state index contributed by atoms with van der Waals surface area (Å²) in [5.74, 6) is -0.454. The highest BCUT2D eigenvalue weighted by molar-refractivity contribution is 6.31. The normalized spacial score (nSPS) is 10.4. The van der Waals surface area contributed by atoms with Crippen molar-refractivity contribution in [2.24, 2.45) is 5.73 Å². The molecule has 2 aromatic rings. The minimum Gasteiger partial charge on any atom is -0.351 e. The predicted molar refractivity (Wildman–Crippen MR) is 64.7 cm³/mol. The van der Waals surface area contributed by atoms with Crippen LogP contribution in [0, 0.1) is 0 Å². The first-order valence-corrected chi connectivity index (χ1v) is 5.28. The number of primary amides is 1. The van der Waals surface area contributed by atoms with E-state index >= 15 is 0 Å². The Kier molecular flexibility index (Phi) is 3.01. The van der Waals surface area contributed by atoms with Gasteiger partial charge in [0.05, 0.1) is 0 Å². The lowest BCUT2D eigenvalue weighted by Crippen LogP contribution is -2.37. The first kappa shape index (κ1) is 11.5. The van der Waals surface area contributed by atoms with Crippen LogP contribution < -0.4 is 11.1 Å². The van der Waals surface area contributed by atoms with Crippen molar-refractivity contribution in [2.75, 3.05) is 0 Å². The minimum atomic E-state index is -0.852. The maximum atomic E-state index is 11.4. The fourth-order valence-corrected chi connectivity index (χ4v) is 1.82. The lowest BCUT2D eigenvalue weighted by atomic mass is 10.2. The quantitative estimate of drug-likeness (QED) is 0.848. The van der Waals surface area contributed by atoms with Gasteiger partial charge in [-0.2, -0.15) is 0 Å². The molecule has 88 valence electrons. The maximum absolute atomic E-state index is 11.4. The van der Waals surface area contributed by atoms with E-state index in [2.05, 4.69) is 0 Å². The SMILES string of the molecule is NC(=O)NC(=O)Cn1ccc2cc(Cl)ccc21. The third-order valence-corrected chi connectivity index (χ3v) is 2.54. The summed E-state index contributed by atoms with van der Waals surface area (Å²) in [4.78, 5) is 21.9. The van der Waals surface area contributed by atoms with Gasteiger partial charge in [-0.1, -0.05) is 11.6 Å². The van der Waals surface area contributed by atoms with Crippen molar-refractivity contribution in [1.29, 1.82) is 0 Å². The Morgan fingerprint density at radius 2 is 2.12 bits per heavy atom. The van der Waals surface area contributed by atoms with E-state index < -0.39 is 11.9 Å². The summed E-state index contributed by atoms with van der Waals surface area (Å²) in [5.41, 5.74) is 5.73. The zero-order valence-electron chi connectivity index (χ0n) is 8.81.